The molecule has 0 bridgehead atoms. The Kier molecular flexibility index (Phi) is 5.58. The van der Waals surface area contributed by atoms with Crippen molar-refractivity contribution in [1.29, 1.82) is 0 Å². The molecule has 2 amide bonds. The first-order valence-electron chi connectivity index (χ1n) is 8.31. The van der Waals surface area contributed by atoms with Crippen molar-refractivity contribution in [2.75, 3.05) is 19.8 Å². The summed E-state index contributed by atoms with van der Waals surface area (Å²) >= 11 is 6.28. The van der Waals surface area contributed by atoms with Gasteiger partial charge in [0.15, 0.2) is 0 Å². The van der Waals surface area contributed by atoms with Crippen molar-refractivity contribution in [3.63, 3.8) is 0 Å². The maximum Gasteiger partial charge on any atom is 0.251 e. The largest absolute Gasteiger partial charge is 0.377 e. The molecule has 5 nitrogen and oxygen atoms in total. The summed E-state index contributed by atoms with van der Waals surface area (Å²) in [6.45, 7) is 4.76. The van der Waals surface area contributed by atoms with Crippen molar-refractivity contribution in [2.24, 2.45) is 5.73 Å². The van der Waals surface area contributed by atoms with Gasteiger partial charge in [0.1, 0.15) is 5.82 Å². The van der Waals surface area contributed by atoms with Crippen LogP contribution in [-0.4, -0.2) is 36.5 Å². The third-order valence-corrected chi connectivity index (χ3v) is 4.67. The average Bonchev–Trinajstić information content (AvgIpc) is 2.67. The second kappa shape index (κ2) is 7.90. The molecule has 0 aliphatic carbocycles. The van der Waals surface area contributed by atoms with Crippen LogP contribution < -0.4 is 5.73 Å². The highest BCUT2D eigenvalue weighted by atomic mass is 35.5. The first-order valence-corrected chi connectivity index (χ1v) is 8.69. The Hall–Kier alpha value is -2.70. The number of ether oxygens (including phenoxy) is 1. The Morgan fingerprint density at radius 1 is 1.26 bits per heavy atom. The zero-order valence-electron chi connectivity index (χ0n) is 14.5. The number of nitrogens with zero attached hydrogens (tertiary/aromatic N) is 1. The Labute approximate surface area is 161 Å². The van der Waals surface area contributed by atoms with E-state index >= 15 is 0 Å². The number of benzene rings is 2. The molecule has 1 atom stereocenters. The van der Waals surface area contributed by atoms with E-state index in [4.69, 9.17) is 22.1 Å². The molecule has 2 aromatic rings. The van der Waals surface area contributed by atoms with Crippen LogP contribution in [0.5, 0.6) is 0 Å². The van der Waals surface area contributed by atoms with E-state index in [-0.39, 0.29) is 17.5 Å². The topological polar surface area (TPSA) is 72.6 Å². The molecule has 2 N–H and O–H groups in total. The molecule has 0 saturated carbocycles. The van der Waals surface area contributed by atoms with Crippen LogP contribution in [0.25, 0.3) is 11.1 Å². The fraction of sp³-hybridized carbons (Fsp3) is 0.200. The number of nitrogens with two attached hydrogens (primary N) is 1. The third kappa shape index (κ3) is 4.02. The smallest absolute Gasteiger partial charge is 0.251 e. The van der Waals surface area contributed by atoms with Gasteiger partial charge in [-0.3, -0.25) is 9.59 Å². The second-order valence-electron chi connectivity index (χ2n) is 6.16. The normalized spacial score (nSPS) is 16.8. The van der Waals surface area contributed by atoms with E-state index in [1.165, 1.54) is 18.2 Å². The summed E-state index contributed by atoms with van der Waals surface area (Å²) in [7, 11) is 0. The van der Waals surface area contributed by atoms with E-state index in [0.29, 0.717) is 35.9 Å². The summed E-state index contributed by atoms with van der Waals surface area (Å²) in [4.78, 5) is 25.3. The fourth-order valence-corrected chi connectivity index (χ4v) is 3.37. The lowest BCUT2D eigenvalue weighted by atomic mass is 9.97. The average molecular weight is 389 g/mol. The van der Waals surface area contributed by atoms with Gasteiger partial charge >= 0.3 is 0 Å². The number of amides is 2. The Balaban J connectivity index is 2.04. The number of halogens is 2. The van der Waals surface area contributed by atoms with E-state index in [1.54, 1.807) is 23.1 Å². The number of rotatable bonds is 4. The molecule has 0 radical (unpaired) electrons. The lowest BCUT2D eigenvalue weighted by Gasteiger charge is -2.35. The molecule has 2 aromatic carbocycles. The molecule has 27 heavy (non-hydrogen) atoms. The number of morpholine rings is 1. The summed E-state index contributed by atoms with van der Waals surface area (Å²) in [6, 6.07) is 9.09. The van der Waals surface area contributed by atoms with Gasteiger partial charge in [0.05, 0.1) is 24.8 Å². The van der Waals surface area contributed by atoms with Crippen LogP contribution in [0.2, 0.25) is 5.02 Å². The molecule has 0 aromatic heterocycles. The van der Waals surface area contributed by atoms with E-state index in [9.17, 15) is 14.0 Å². The van der Waals surface area contributed by atoms with Crippen LogP contribution in [0.1, 0.15) is 22.0 Å². The molecule has 7 heteroatoms. The molecule has 3 rings (SSSR count). The van der Waals surface area contributed by atoms with Gasteiger partial charge in [0.2, 0.25) is 5.91 Å². The van der Waals surface area contributed by atoms with Crippen LogP contribution in [0.4, 0.5) is 4.39 Å². The van der Waals surface area contributed by atoms with Gasteiger partial charge in [-0.1, -0.05) is 24.2 Å². The van der Waals surface area contributed by atoms with Gasteiger partial charge in [0, 0.05) is 11.6 Å². The highest BCUT2D eigenvalue weighted by molar-refractivity contribution is 6.31. The van der Waals surface area contributed by atoms with E-state index in [1.807, 2.05) is 6.07 Å². The number of carbonyl (C=O) groups is 2. The summed E-state index contributed by atoms with van der Waals surface area (Å²) in [5, 5.41) is 0.448. The number of hydrogen-bond donors (Lipinski definition) is 1. The van der Waals surface area contributed by atoms with Crippen molar-refractivity contribution in [1.82, 2.24) is 4.90 Å². The van der Waals surface area contributed by atoms with Crippen LogP contribution in [0.3, 0.4) is 0 Å². The zero-order valence-corrected chi connectivity index (χ0v) is 15.2. The van der Waals surface area contributed by atoms with Crippen LogP contribution in [0.15, 0.2) is 49.1 Å². The molecule has 1 aliphatic rings. The fourth-order valence-electron chi connectivity index (χ4n) is 3.13. The molecular weight excluding hydrogens is 371 g/mol. The van der Waals surface area contributed by atoms with Crippen molar-refractivity contribution in [3.8, 4) is 11.1 Å². The van der Waals surface area contributed by atoms with Crippen LogP contribution in [-0.2, 0) is 9.53 Å². The zero-order chi connectivity index (χ0) is 19.6. The molecule has 1 saturated heterocycles. The molecule has 0 unspecified atom stereocenters. The minimum Gasteiger partial charge on any atom is -0.377 e. The van der Waals surface area contributed by atoms with Crippen LogP contribution in [0, 0.1) is 5.82 Å². The maximum absolute atomic E-state index is 13.8. The minimum atomic E-state index is -0.847. The van der Waals surface area contributed by atoms with Crippen molar-refractivity contribution in [3.05, 3.63) is 71.0 Å². The predicted molar refractivity (Wildman–Crippen MR) is 101 cm³/mol. The molecule has 1 heterocycles. The second-order valence-corrected chi connectivity index (χ2v) is 6.60. The van der Waals surface area contributed by atoms with Gasteiger partial charge in [-0.25, -0.2) is 4.39 Å². The van der Waals surface area contributed by atoms with Crippen molar-refractivity contribution < 1.29 is 18.7 Å². The molecule has 1 aliphatic heterocycles. The first-order chi connectivity index (χ1) is 12.9. The summed E-state index contributed by atoms with van der Waals surface area (Å²) in [6.07, 6.45) is 1.27. The number of hydrogen-bond acceptors (Lipinski definition) is 3. The quantitative estimate of drug-likeness (QED) is 0.816. The summed E-state index contributed by atoms with van der Waals surface area (Å²) in [5.74, 6) is -1.72. The lowest BCUT2D eigenvalue weighted by molar-refractivity contribution is -0.134. The molecule has 0 spiro atoms. The van der Waals surface area contributed by atoms with Gasteiger partial charge in [-0.15, -0.1) is 0 Å². The molecule has 1 fully saturated rings. The van der Waals surface area contributed by atoms with E-state index in [2.05, 4.69) is 6.58 Å². The van der Waals surface area contributed by atoms with Gasteiger partial charge < -0.3 is 15.4 Å². The predicted octanol–water partition coefficient (Wildman–Crippen LogP) is 3.33. The summed E-state index contributed by atoms with van der Waals surface area (Å²) < 4.78 is 19.3. The van der Waals surface area contributed by atoms with E-state index in [0.717, 1.165) is 5.56 Å². The Bertz CT molecular complexity index is 916. The van der Waals surface area contributed by atoms with Gasteiger partial charge in [-0.05, 0) is 53.1 Å². The Morgan fingerprint density at radius 3 is 2.74 bits per heavy atom. The minimum absolute atomic E-state index is 0.192. The first kappa shape index (κ1) is 19.1. The number of primary amides is 1. The molecule has 140 valence electrons. The highest BCUT2D eigenvalue weighted by Crippen LogP contribution is 2.32. The standard InChI is InChI=1S/C20H18ClFN2O3/c1-2-19(25)24-5-6-27-11-18(24)14-7-13(8-15(21)9-14)12-3-4-17(22)16(10-12)20(23)26/h2-4,7-10,18H,1,5-6,11H2,(H2,23,26)/t18-/m0/s1. The van der Waals surface area contributed by atoms with Crippen molar-refractivity contribution in [2.45, 2.75) is 6.04 Å². The highest BCUT2D eigenvalue weighted by Gasteiger charge is 2.28. The summed E-state index contributed by atoms with van der Waals surface area (Å²) in [5.41, 5.74) is 7.08. The SMILES string of the molecule is C=CC(=O)N1CCOC[C@H]1c1cc(Cl)cc(-c2ccc(F)c(C(N)=O)c2)c1. The monoisotopic (exact) mass is 388 g/mol. The number of carbonyl (C=O) groups excluding carboxylic acids is 2. The van der Waals surface area contributed by atoms with Gasteiger partial charge in [-0.2, -0.15) is 0 Å². The lowest BCUT2D eigenvalue weighted by Crippen LogP contribution is -2.42. The third-order valence-electron chi connectivity index (χ3n) is 4.46. The van der Waals surface area contributed by atoms with Gasteiger partial charge in [0.25, 0.3) is 5.91 Å². The Morgan fingerprint density at radius 2 is 2.04 bits per heavy atom. The van der Waals surface area contributed by atoms with E-state index < -0.39 is 11.7 Å². The molecular formula is C20H18ClFN2O3. The van der Waals surface area contributed by atoms with Crippen LogP contribution >= 0.6 is 11.6 Å². The van der Waals surface area contributed by atoms with Crippen molar-refractivity contribution >= 4 is 23.4 Å². The maximum atomic E-state index is 13.8.